The molecule has 96 valence electrons. The molecule has 0 aliphatic rings. The van der Waals surface area contributed by atoms with Crippen LogP contribution in [0.3, 0.4) is 0 Å². The summed E-state index contributed by atoms with van der Waals surface area (Å²) in [4.78, 5) is 3.68. The van der Waals surface area contributed by atoms with Crippen molar-refractivity contribution < 1.29 is 19.0 Å². The Labute approximate surface area is 101 Å². The molecule has 0 aliphatic carbocycles. The Kier molecular flexibility index (Phi) is 3.35. The first-order chi connectivity index (χ1) is 8.55. The number of benzene rings is 1. The molecule has 0 aliphatic heterocycles. The first kappa shape index (κ1) is 12.6. The minimum atomic E-state index is -1.88. The Balaban J connectivity index is 2.36. The molecule has 1 atom stereocenters. The van der Waals surface area contributed by atoms with E-state index in [9.17, 15) is 19.0 Å². The molecule has 7 heteroatoms. The average molecular weight is 255 g/mol. The largest absolute Gasteiger partial charge is 0.393 e. The highest BCUT2D eigenvalue weighted by atomic mass is 19.1. The Hall–Kier alpha value is -1.86. The fraction of sp³-hybridized carbons (Fsp3) is 0.273. The maximum Gasteiger partial charge on any atom is 0.137 e. The molecule has 0 saturated carbocycles. The summed E-state index contributed by atoms with van der Waals surface area (Å²) in [6, 6.07) is 2.76. The van der Waals surface area contributed by atoms with E-state index in [0.29, 0.717) is 6.07 Å². The second-order valence-electron chi connectivity index (χ2n) is 3.91. The second-order valence-corrected chi connectivity index (χ2v) is 3.91. The van der Waals surface area contributed by atoms with Crippen molar-refractivity contribution in [1.82, 2.24) is 14.8 Å². The zero-order valence-electron chi connectivity index (χ0n) is 9.29. The highest BCUT2D eigenvalue weighted by Crippen LogP contribution is 2.25. The van der Waals surface area contributed by atoms with Crippen molar-refractivity contribution in [3.63, 3.8) is 0 Å². The molecule has 1 heterocycles. The molecule has 0 unspecified atom stereocenters. The summed E-state index contributed by atoms with van der Waals surface area (Å²) in [5, 5.41) is 23.3. The number of rotatable bonds is 4. The van der Waals surface area contributed by atoms with E-state index in [1.54, 1.807) is 0 Å². The van der Waals surface area contributed by atoms with Gasteiger partial charge in [-0.15, -0.1) is 0 Å². The van der Waals surface area contributed by atoms with Gasteiger partial charge in [-0.25, -0.2) is 18.4 Å². The molecule has 0 spiro atoms. The van der Waals surface area contributed by atoms with Crippen molar-refractivity contribution in [2.75, 3.05) is 6.61 Å². The van der Waals surface area contributed by atoms with Gasteiger partial charge < -0.3 is 10.2 Å². The average Bonchev–Trinajstić information content (AvgIpc) is 2.81. The van der Waals surface area contributed by atoms with Crippen molar-refractivity contribution in [2.45, 2.75) is 12.1 Å². The van der Waals surface area contributed by atoms with Crippen LogP contribution in [0.15, 0.2) is 30.9 Å². The van der Waals surface area contributed by atoms with Gasteiger partial charge in [-0.2, -0.15) is 5.10 Å². The van der Waals surface area contributed by atoms with Crippen molar-refractivity contribution in [3.05, 3.63) is 48.1 Å². The summed E-state index contributed by atoms with van der Waals surface area (Å²) in [5.41, 5.74) is -2.08. The predicted molar refractivity (Wildman–Crippen MR) is 57.4 cm³/mol. The molecule has 5 nitrogen and oxygen atoms in total. The fourth-order valence-electron chi connectivity index (χ4n) is 1.67. The van der Waals surface area contributed by atoms with Crippen molar-refractivity contribution in [1.29, 1.82) is 0 Å². The van der Waals surface area contributed by atoms with Crippen molar-refractivity contribution in [2.24, 2.45) is 0 Å². The van der Waals surface area contributed by atoms with E-state index in [1.165, 1.54) is 17.3 Å². The lowest BCUT2D eigenvalue weighted by atomic mass is 9.94. The minimum absolute atomic E-state index is 0.188. The summed E-state index contributed by atoms with van der Waals surface area (Å²) in [5.74, 6) is -1.68. The van der Waals surface area contributed by atoms with Gasteiger partial charge in [0.15, 0.2) is 0 Å². The molecule has 18 heavy (non-hydrogen) atoms. The van der Waals surface area contributed by atoms with E-state index < -0.39 is 23.8 Å². The Morgan fingerprint density at radius 1 is 1.33 bits per heavy atom. The SMILES string of the molecule is OC[C@@](O)(Cn1cncn1)c1ccc(F)cc1F. The summed E-state index contributed by atoms with van der Waals surface area (Å²) in [7, 11) is 0. The first-order valence-electron chi connectivity index (χ1n) is 5.16. The molecule has 0 bridgehead atoms. The van der Waals surface area contributed by atoms with E-state index in [1.807, 2.05) is 0 Å². The second kappa shape index (κ2) is 4.79. The van der Waals surface area contributed by atoms with Crippen LogP contribution in [-0.2, 0) is 12.1 Å². The van der Waals surface area contributed by atoms with E-state index in [0.717, 1.165) is 12.1 Å². The number of aliphatic hydroxyl groups excluding tert-OH is 1. The molecule has 0 saturated heterocycles. The van der Waals surface area contributed by atoms with Crippen LogP contribution < -0.4 is 0 Å². The van der Waals surface area contributed by atoms with Crippen LogP contribution in [0.5, 0.6) is 0 Å². The lowest BCUT2D eigenvalue weighted by Gasteiger charge is -2.26. The Morgan fingerprint density at radius 3 is 2.67 bits per heavy atom. The number of hydrogen-bond donors (Lipinski definition) is 2. The Bertz CT molecular complexity index is 533. The summed E-state index contributed by atoms with van der Waals surface area (Å²) < 4.78 is 27.7. The maximum atomic E-state index is 13.6. The van der Waals surface area contributed by atoms with Gasteiger partial charge in [0.2, 0.25) is 0 Å². The molecular formula is C11H11F2N3O2. The third-order valence-electron chi connectivity index (χ3n) is 2.58. The highest BCUT2D eigenvalue weighted by Gasteiger charge is 2.32. The number of halogens is 2. The lowest BCUT2D eigenvalue weighted by molar-refractivity contribution is -0.0383. The number of aromatic nitrogens is 3. The summed E-state index contributed by atoms with van der Waals surface area (Å²) in [6.45, 7) is -0.915. The van der Waals surface area contributed by atoms with E-state index in [4.69, 9.17) is 0 Å². The van der Waals surface area contributed by atoms with Gasteiger partial charge in [0.05, 0.1) is 13.2 Å². The highest BCUT2D eigenvalue weighted by molar-refractivity contribution is 5.25. The van der Waals surface area contributed by atoms with Crippen LogP contribution in [-0.4, -0.2) is 31.6 Å². The van der Waals surface area contributed by atoms with Gasteiger partial charge in [-0.3, -0.25) is 0 Å². The summed E-state index contributed by atoms with van der Waals surface area (Å²) >= 11 is 0. The minimum Gasteiger partial charge on any atom is -0.393 e. The van der Waals surface area contributed by atoms with Crippen molar-refractivity contribution in [3.8, 4) is 0 Å². The monoisotopic (exact) mass is 255 g/mol. The Morgan fingerprint density at radius 2 is 2.11 bits per heavy atom. The van der Waals surface area contributed by atoms with Crippen LogP contribution in [0.4, 0.5) is 8.78 Å². The predicted octanol–water partition coefficient (Wildman–Crippen LogP) is 0.436. The molecule has 0 amide bonds. The zero-order chi connectivity index (χ0) is 13.2. The van der Waals surface area contributed by atoms with Crippen LogP contribution in [0.2, 0.25) is 0 Å². The molecule has 1 aromatic heterocycles. The molecular weight excluding hydrogens is 244 g/mol. The van der Waals surface area contributed by atoms with Crippen LogP contribution in [0.1, 0.15) is 5.56 Å². The fourth-order valence-corrected chi connectivity index (χ4v) is 1.67. The van der Waals surface area contributed by atoms with Crippen molar-refractivity contribution >= 4 is 0 Å². The topological polar surface area (TPSA) is 71.2 Å². The van der Waals surface area contributed by atoms with E-state index in [-0.39, 0.29) is 12.1 Å². The smallest absolute Gasteiger partial charge is 0.137 e. The number of aliphatic hydroxyl groups is 2. The van der Waals surface area contributed by atoms with Gasteiger partial charge in [0.1, 0.15) is 29.9 Å². The third-order valence-corrected chi connectivity index (χ3v) is 2.58. The van der Waals surface area contributed by atoms with Crippen LogP contribution in [0, 0.1) is 11.6 Å². The molecule has 2 aromatic rings. The molecule has 2 N–H and O–H groups in total. The zero-order valence-corrected chi connectivity index (χ0v) is 9.29. The number of nitrogens with zero attached hydrogens (tertiary/aromatic N) is 3. The molecule has 0 radical (unpaired) electrons. The maximum absolute atomic E-state index is 13.6. The van der Waals surface area contributed by atoms with Gasteiger partial charge in [-0.1, -0.05) is 6.07 Å². The summed E-state index contributed by atoms with van der Waals surface area (Å²) in [6.07, 6.45) is 2.57. The first-order valence-corrected chi connectivity index (χ1v) is 5.16. The van der Waals surface area contributed by atoms with Gasteiger partial charge >= 0.3 is 0 Å². The molecule has 0 fully saturated rings. The van der Waals surface area contributed by atoms with Gasteiger partial charge in [0, 0.05) is 11.6 Å². The third kappa shape index (κ3) is 2.36. The quantitative estimate of drug-likeness (QED) is 0.831. The van der Waals surface area contributed by atoms with Gasteiger partial charge in [0.25, 0.3) is 0 Å². The molecule has 1 aromatic carbocycles. The van der Waals surface area contributed by atoms with Crippen LogP contribution in [0.25, 0.3) is 0 Å². The number of hydrogen-bond acceptors (Lipinski definition) is 4. The van der Waals surface area contributed by atoms with Gasteiger partial charge in [-0.05, 0) is 6.07 Å². The van der Waals surface area contributed by atoms with Crippen LogP contribution >= 0.6 is 0 Å². The standard InChI is InChI=1S/C11H11F2N3O2/c12-8-1-2-9(10(13)3-8)11(18,5-17)4-16-7-14-6-15-16/h1-3,6-7,17-18H,4-5H2/t11-/m0/s1. The normalized spacial score (nSPS) is 14.4. The van der Waals surface area contributed by atoms with E-state index in [2.05, 4.69) is 10.1 Å². The lowest BCUT2D eigenvalue weighted by Crippen LogP contribution is -2.36. The van der Waals surface area contributed by atoms with E-state index >= 15 is 0 Å². The molecule has 2 rings (SSSR count).